The lowest BCUT2D eigenvalue weighted by molar-refractivity contribution is -0.117. The van der Waals surface area contributed by atoms with Gasteiger partial charge in [-0.15, -0.1) is 0 Å². The molecule has 0 bridgehead atoms. The normalized spacial score (nSPS) is 17.8. The van der Waals surface area contributed by atoms with Crippen LogP contribution in [0.1, 0.15) is 12.8 Å². The zero-order chi connectivity index (χ0) is 18.0. The summed E-state index contributed by atoms with van der Waals surface area (Å²) >= 11 is 0. The van der Waals surface area contributed by atoms with Crippen molar-refractivity contribution in [3.63, 3.8) is 0 Å². The molecule has 0 radical (unpaired) electrons. The van der Waals surface area contributed by atoms with E-state index < -0.39 is 11.2 Å². The number of anilines is 1. The van der Waals surface area contributed by atoms with E-state index in [4.69, 9.17) is 0 Å². The van der Waals surface area contributed by atoms with Crippen LogP contribution in [0.3, 0.4) is 0 Å². The molecule has 0 aromatic carbocycles. The number of carbonyl (C=O) groups excluding carboxylic acids is 1. The zero-order valence-electron chi connectivity index (χ0n) is 14.4. The first-order chi connectivity index (χ1) is 12.0. The maximum absolute atomic E-state index is 12.4. The number of amides is 1. The lowest BCUT2D eigenvalue weighted by Crippen LogP contribution is -2.41. The van der Waals surface area contributed by atoms with Crippen molar-refractivity contribution < 1.29 is 4.79 Å². The Kier molecular flexibility index (Phi) is 4.84. The molecule has 1 amide bonds. The van der Waals surface area contributed by atoms with Gasteiger partial charge in [-0.3, -0.25) is 28.3 Å². The van der Waals surface area contributed by atoms with Crippen LogP contribution in [0.5, 0.6) is 0 Å². The molecule has 1 aliphatic heterocycles. The third kappa shape index (κ3) is 3.71. The van der Waals surface area contributed by atoms with Gasteiger partial charge in [0.2, 0.25) is 5.91 Å². The highest BCUT2D eigenvalue weighted by molar-refractivity contribution is 5.91. The Morgan fingerprint density at radius 1 is 1.32 bits per heavy atom. The van der Waals surface area contributed by atoms with Gasteiger partial charge in [-0.05, 0) is 25.5 Å². The van der Waals surface area contributed by atoms with Crippen molar-refractivity contribution in [3.8, 4) is 0 Å². The lowest BCUT2D eigenvalue weighted by atomic mass is 10.2. The van der Waals surface area contributed by atoms with Crippen molar-refractivity contribution in [1.82, 2.24) is 23.8 Å². The van der Waals surface area contributed by atoms with Crippen molar-refractivity contribution in [2.45, 2.75) is 25.4 Å². The maximum Gasteiger partial charge on any atom is 0.332 e. The van der Waals surface area contributed by atoms with Crippen LogP contribution in [0, 0.1) is 0 Å². The van der Waals surface area contributed by atoms with Crippen LogP contribution in [0.15, 0.2) is 34.1 Å². The molecule has 1 aliphatic rings. The average Bonchev–Trinajstić information content (AvgIpc) is 3.23. The third-order valence-corrected chi connectivity index (χ3v) is 4.60. The molecule has 0 spiro atoms. The second-order valence-corrected chi connectivity index (χ2v) is 6.31. The molecule has 3 rings (SSSR count). The minimum Gasteiger partial charge on any atom is -0.311 e. The molecule has 1 N–H and O–H groups in total. The van der Waals surface area contributed by atoms with E-state index in [1.165, 1.54) is 24.7 Å². The van der Waals surface area contributed by atoms with Gasteiger partial charge in [-0.25, -0.2) is 4.79 Å². The van der Waals surface area contributed by atoms with Crippen molar-refractivity contribution >= 4 is 11.7 Å². The number of rotatable bonds is 5. The number of hydrogen-bond acceptors (Lipinski definition) is 5. The molecular formula is C16H22N6O3. The number of hydrogen-bond donors (Lipinski definition) is 1. The number of aromatic nitrogens is 4. The van der Waals surface area contributed by atoms with Gasteiger partial charge in [0, 0.05) is 38.6 Å². The maximum atomic E-state index is 12.4. The van der Waals surface area contributed by atoms with Gasteiger partial charge in [0.1, 0.15) is 5.82 Å². The smallest absolute Gasteiger partial charge is 0.311 e. The van der Waals surface area contributed by atoms with E-state index in [1.807, 2.05) is 16.9 Å². The van der Waals surface area contributed by atoms with E-state index in [1.54, 1.807) is 6.20 Å². The molecule has 3 heterocycles. The average molecular weight is 346 g/mol. The Balaban J connectivity index is 1.66. The fraction of sp³-hybridized carbons (Fsp3) is 0.500. The first kappa shape index (κ1) is 17.2. The summed E-state index contributed by atoms with van der Waals surface area (Å²) in [5.41, 5.74) is -0.920. The summed E-state index contributed by atoms with van der Waals surface area (Å²) < 4.78 is 4.12. The fourth-order valence-corrected chi connectivity index (χ4v) is 3.15. The van der Waals surface area contributed by atoms with Crippen LogP contribution in [-0.2, 0) is 25.4 Å². The molecule has 134 valence electrons. The molecule has 1 atom stereocenters. The number of nitrogens with zero attached hydrogens (tertiary/aromatic N) is 5. The van der Waals surface area contributed by atoms with Crippen molar-refractivity contribution in [3.05, 3.63) is 45.4 Å². The number of nitrogens with one attached hydrogen (secondary N) is 1. The first-order valence-corrected chi connectivity index (χ1v) is 8.24. The predicted molar refractivity (Wildman–Crippen MR) is 92.4 cm³/mol. The Morgan fingerprint density at radius 3 is 2.84 bits per heavy atom. The molecule has 0 unspecified atom stereocenters. The van der Waals surface area contributed by atoms with Gasteiger partial charge in [-0.2, -0.15) is 5.10 Å². The fourth-order valence-electron chi connectivity index (χ4n) is 3.15. The minimum absolute atomic E-state index is 0.209. The number of carbonyl (C=O) groups is 1. The highest BCUT2D eigenvalue weighted by atomic mass is 16.2. The summed E-state index contributed by atoms with van der Waals surface area (Å²) in [4.78, 5) is 38.2. The van der Waals surface area contributed by atoms with Crippen molar-refractivity contribution in [2.24, 2.45) is 14.1 Å². The summed E-state index contributed by atoms with van der Waals surface area (Å²) in [6.07, 6.45) is 5.69. The van der Waals surface area contributed by atoms with E-state index in [2.05, 4.69) is 15.3 Å². The Hall–Kier alpha value is -2.68. The standard InChI is InChI=1S/C16H22N6O3/c1-19-13(9-15(24)20(2)16(19)25)18-14(23)11-21-7-3-5-12(21)10-22-8-4-6-17-22/h4,6,8-9,12H,3,5,7,10-11H2,1-2H3,(H,18,23)/t12-/m0/s1. The van der Waals surface area contributed by atoms with E-state index in [0.29, 0.717) is 0 Å². The summed E-state index contributed by atoms with van der Waals surface area (Å²) in [5, 5.41) is 6.89. The van der Waals surface area contributed by atoms with Crippen LogP contribution >= 0.6 is 0 Å². The third-order valence-electron chi connectivity index (χ3n) is 4.60. The molecule has 1 saturated heterocycles. The quantitative estimate of drug-likeness (QED) is 0.779. The molecule has 9 heteroatoms. The number of likely N-dealkylation sites (tertiary alicyclic amines) is 1. The minimum atomic E-state index is -0.472. The van der Waals surface area contributed by atoms with E-state index in [9.17, 15) is 14.4 Å². The summed E-state index contributed by atoms with van der Waals surface area (Å²) in [6, 6.07) is 3.38. The summed E-state index contributed by atoms with van der Waals surface area (Å²) in [6.45, 7) is 1.80. The molecule has 9 nitrogen and oxygen atoms in total. The lowest BCUT2D eigenvalue weighted by Gasteiger charge is -2.24. The molecule has 25 heavy (non-hydrogen) atoms. The molecular weight excluding hydrogens is 324 g/mol. The van der Waals surface area contributed by atoms with E-state index >= 15 is 0 Å². The van der Waals surface area contributed by atoms with Crippen molar-refractivity contribution in [2.75, 3.05) is 18.4 Å². The van der Waals surface area contributed by atoms with E-state index in [0.717, 1.165) is 30.5 Å². The van der Waals surface area contributed by atoms with Crippen LogP contribution in [0.25, 0.3) is 0 Å². The Morgan fingerprint density at radius 2 is 2.12 bits per heavy atom. The SMILES string of the molecule is Cn1c(NC(=O)CN2CCC[C@H]2Cn2cccn2)cc(=O)n(C)c1=O. The highest BCUT2D eigenvalue weighted by Gasteiger charge is 2.26. The monoisotopic (exact) mass is 346 g/mol. The van der Waals surface area contributed by atoms with Gasteiger partial charge in [0.15, 0.2) is 0 Å². The predicted octanol–water partition coefficient (Wildman–Crippen LogP) is -0.616. The zero-order valence-corrected chi connectivity index (χ0v) is 14.4. The largest absolute Gasteiger partial charge is 0.332 e. The van der Waals surface area contributed by atoms with Gasteiger partial charge in [0.05, 0.1) is 13.1 Å². The first-order valence-electron chi connectivity index (χ1n) is 8.24. The van der Waals surface area contributed by atoms with Crippen LogP contribution < -0.4 is 16.6 Å². The topological polar surface area (TPSA) is 94.2 Å². The highest BCUT2D eigenvalue weighted by Crippen LogP contribution is 2.18. The van der Waals surface area contributed by atoms with Gasteiger partial charge in [0.25, 0.3) is 5.56 Å². The van der Waals surface area contributed by atoms with Crippen LogP contribution in [0.4, 0.5) is 5.82 Å². The molecule has 2 aromatic heterocycles. The van der Waals surface area contributed by atoms with Gasteiger partial charge < -0.3 is 5.32 Å². The second kappa shape index (κ2) is 7.06. The van der Waals surface area contributed by atoms with Crippen LogP contribution in [0.2, 0.25) is 0 Å². The van der Waals surface area contributed by atoms with E-state index in [-0.39, 0.29) is 24.3 Å². The van der Waals surface area contributed by atoms with Crippen LogP contribution in [-0.4, -0.2) is 48.9 Å². The summed E-state index contributed by atoms with van der Waals surface area (Å²) in [5.74, 6) is -0.0310. The molecule has 2 aromatic rings. The van der Waals surface area contributed by atoms with Gasteiger partial charge >= 0.3 is 5.69 Å². The Bertz CT molecular complexity index is 867. The molecule has 0 aliphatic carbocycles. The Labute approximate surface area is 144 Å². The second-order valence-electron chi connectivity index (χ2n) is 6.31. The van der Waals surface area contributed by atoms with Gasteiger partial charge in [-0.1, -0.05) is 0 Å². The van der Waals surface area contributed by atoms with Crippen molar-refractivity contribution in [1.29, 1.82) is 0 Å². The molecule has 0 saturated carbocycles. The summed E-state index contributed by atoms with van der Waals surface area (Å²) in [7, 11) is 2.92. The molecule has 1 fully saturated rings.